The van der Waals surface area contributed by atoms with E-state index >= 15 is 0 Å². The largest absolute Gasteiger partial charge is 0.497 e. The molecule has 25 heavy (non-hydrogen) atoms. The second kappa shape index (κ2) is 6.69. The van der Waals surface area contributed by atoms with E-state index < -0.39 is 0 Å². The van der Waals surface area contributed by atoms with Crippen molar-refractivity contribution in [3.8, 4) is 17.2 Å². The molecule has 0 amide bonds. The normalized spacial score (nSPS) is 16.5. The Kier molecular flexibility index (Phi) is 4.24. The zero-order valence-electron chi connectivity index (χ0n) is 14.1. The van der Waals surface area contributed by atoms with E-state index in [9.17, 15) is 0 Å². The van der Waals surface area contributed by atoms with Gasteiger partial charge < -0.3 is 13.9 Å². The topological polar surface area (TPSA) is 57.4 Å². The standard InChI is InChI=1S/C20H20N2O3/c1-23-17-9-7-16(8-10-17)20(11-13-24-14-12-20)19-22-21-18(25-19)15-5-3-2-4-6-15/h2-10H,11-14H2,1H3. The summed E-state index contributed by atoms with van der Waals surface area (Å²) in [4.78, 5) is 0. The Balaban J connectivity index is 1.75. The molecule has 2 heterocycles. The van der Waals surface area contributed by atoms with Gasteiger partial charge in [-0.1, -0.05) is 30.3 Å². The number of ether oxygens (including phenoxy) is 2. The summed E-state index contributed by atoms with van der Waals surface area (Å²) < 4.78 is 17.0. The molecule has 128 valence electrons. The fraction of sp³-hybridized carbons (Fsp3) is 0.300. The summed E-state index contributed by atoms with van der Waals surface area (Å²) in [6.07, 6.45) is 1.63. The van der Waals surface area contributed by atoms with E-state index in [0.717, 1.165) is 29.7 Å². The van der Waals surface area contributed by atoms with Gasteiger partial charge in [-0.25, -0.2) is 0 Å². The molecular formula is C20H20N2O3. The maximum atomic E-state index is 6.11. The first-order valence-corrected chi connectivity index (χ1v) is 8.43. The van der Waals surface area contributed by atoms with Gasteiger partial charge in [-0.15, -0.1) is 10.2 Å². The third-order valence-corrected chi connectivity index (χ3v) is 4.84. The Morgan fingerprint density at radius 1 is 0.920 bits per heavy atom. The van der Waals surface area contributed by atoms with Gasteiger partial charge in [0.05, 0.1) is 12.5 Å². The van der Waals surface area contributed by atoms with Crippen molar-refractivity contribution in [2.45, 2.75) is 18.3 Å². The van der Waals surface area contributed by atoms with Gasteiger partial charge in [0.15, 0.2) is 0 Å². The first-order valence-electron chi connectivity index (χ1n) is 8.43. The lowest BCUT2D eigenvalue weighted by molar-refractivity contribution is 0.0546. The molecular weight excluding hydrogens is 316 g/mol. The first-order chi connectivity index (χ1) is 12.3. The molecule has 1 aliphatic heterocycles. The monoisotopic (exact) mass is 336 g/mol. The van der Waals surface area contributed by atoms with E-state index in [2.05, 4.69) is 22.3 Å². The summed E-state index contributed by atoms with van der Waals surface area (Å²) in [5.41, 5.74) is 1.77. The smallest absolute Gasteiger partial charge is 0.247 e. The van der Waals surface area contributed by atoms with E-state index in [-0.39, 0.29) is 5.41 Å². The molecule has 0 aliphatic carbocycles. The molecule has 0 spiro atoms. The van der Waals surface area contributed by atoms with E-state index in [4.69, 9.17) is 13.9 Å². The van der Waals surface area contributed by atoms with Crippen LogP contribution in [0.2, 0.25) is 0 Å². The van der Waals surface area contributed by atoms with Crippen LogP contribution in [0, 0.1) is 0 Å². The van der Waals surface area contributed by atoms with Crippen LogP contribution in [0.15, 0.2) is 59.0 Å². The molecule has 4 rings (SSSR count). The molecule has 2 aromatic carbocycles. The SMILES string of the molecule is COc1ccc(C2(c3nnc(-c4ccccc4)o3)CCOCC2)cc1. The number of methoxy groups -OCH3 is 1. The van der Waals surface area contributed by atoms with Gasteiger partial charge in [-0.2, -0.15) is 0 Å². The Bertz CT molecular complexity index is 822. The molecule has 3 aromatic rings. The molecule has 0 N–H and O–H groups in total. The van der Waals surface area contributed by atoms with Crippen LogP contribution in [0.4, 0.5) is 0 Å². The quantitative estimate of drug-likeness (QED) is 0.724. The minimum atomic E-state index is -0.315. The maximum Gasteiger partial charge on any atom is 0.247 e. The van der Waals surface area contributed by atoms with Gasteiger partial charge in [0.25, 0.3) is 0 Å². The van der Waals surface area contributed by atoms with Crippen LogP contribution >= 0.6 is 0 Å². The number of rotatable bonds is 4. The summed E-state index contributed by atoms with van der Waals surface area (Å²) >= 11 is 0. The van der Waals surface area contributed by atoms with Gasteiger partial charge in [0, 0.05) is 18.8 Å². The lowest BCUT2D eigenvalue weighted by Gasteiger charge is -2.34. The summed E-state index contributed by atoms with van der Waals surface area (Å²) in [5, 5.41) is 8.69. The van der Waals surface area contributed by atoms with E-state index in [1.165, 1.54) is 0 Å². The first kappa shape index (κ1) is 15.8. The fourth-order valence-electron chi connectivity index (χ4n) is 3.37. The number of hydrogen-bond donors (Lipinski definition) is 0. The van der Waals surface area contributed by atoms with Gasteiger partial charge in [0.1, 0.15) is 5.75 Å². The molecule has 0 atom stereocenters. The summed E-state index contributed by atoms with van der Waals surface area (Å²) in [7, 11) is 1.67. The van der Waals surface area contributed by atoms with Crippen LogP contribution < -0.4 is 4.74 Å². The minimum Gasteiger partial charge on any atom is -0.497 e. The zero-order chi connectivity index (χ0) is 17.1. The highest BCUT2D eigenvalue weighted by Crippen LogP contribution is 2.41. The lowest BCUT2D eigenvalue weighted by Crippen LogP contribution is -2.35. The van der Waals surface area contributed by atoms with Crippen molar-refractivity contribution in [1.29, 1.82) is 0 Å². The second-order valence-electron chi connectivity index (χ2n) is 6.20. The van der Waals surface area contributed by atoms with Crippen molar-refractivity contribution in [3.05, 3.63) is 66.1 Å². The minimum absolute atomic E-state index is 0.315. The molecule has 0 bridgehead atoms. The number of benzene rings is 2. The predicted octanol–water partition coefficient (Wildman–Crippen LogP) is 3.84. The van der Waals surface area contributed by atoms with Crippen LogP contribution in [0.3, 0.4) is 0 Å². The fourth-order valence-corrected chi connectivity index (χ4v) is 3.37. The van der Waals surface area contributed by atoms with Crippen LogP contribution in [0.25, 0.3) is 11.5 Å². The Labute approximate surface area is 146 Å². The number of aromatic nitrogens is 2. The molecule has 1 fully saturated rings. The third-order valence-electron chi connectivity index (χ3n) is 4.84. The van der Waals surface area contributed by atoms with Crippen LogP contribution in [-0.4, -0.2) is 30.5 Å². The van der Waals surface area contributed by atoms with Crippen molar-refractivity contribution in [3.63, 3.8) is 0 Å². The Morgan fingerprint density at radius 2 is 1.64 bits per heavy atom. The summed E-state index contributed by atoms with van der Waals surface area (Å²) in [6.45, 7) is 1.35. The van der Waals surface area contributed by atoms with Crippen molar-refractivity contribution < 1.29 is 13.9 Å². The predicted molar refractivity (Wildman–Crippen MR) is 93.6 cm³/mol. The van der Waals surface area contributed by atoms with Crippen LogP contribution in [0.1, 0.15) is 24.3 Å². The number of nitrogens with zero attached hydrogens (tertiary/aromatic N) is 2. The lowest BCUT2D eigenvalue weighted by atomic mass is 9.74. The molecule has 0 saturated carbocycles. The van der Waals surface area contributed by atoms with Gasteiger partial charge in [0.2, 0.25) is 11.8 Å². The van der Waals surface area contributed by atoms with Crippen LogP contribution in [-0.2, 0) is 10.2 Å². The van der Waals surface area contributed by atoms with Crippen molar-refractivity contribution >= 4 is 0 Å². The van der Waals surface area contributed by atoms with E-state index in [1.54, 1.807) is 7.11 Å². The average Bonchev–Trinajstić information content (AvgIpc) is 3.20. The van der Waals surface area contributed by atoms with Crippen molar-refractivity contribution in [2.24, 2.45) is 0 Å². The Hall–Kier alpha value is -2.66. The molecule has 1 aromatic heterocycles. The molecule has 5 nitrogen and oxygen atoms in total. The highest BCUT2D eigenvalue weighted by molar-refractivity contribution is 5.52. The summed E-state index contributed by atoms with van der Waals surface area (Å²) in [6, 6.07) is 18.0. The van der Waals surface area contributed by atoms with Gasteiger partial charge >= 0.3 is 0 Å². The molecule has 1 aliphatic rings. The third kappa shape index (κ3) is 2.91. The molecule has 5 heteroatoms. The Morgan fingerprint density at radius 3 is 2.32 bits per heavy atom. The van der Waals surface area contributed by atoms with Crippen molar-refractivity contribution in [1.82, 2.24) is 10.2 Å². The molecule has 1 saturated heterocycles. The van der Waals surface area contributed by atoms with Gasteiger partial charge in [-0.3, -0.25) is 0 Å². The molecule has 0 unspecified atom stereocenters. The van der Waals surface area contributed by atoms with E-state index in [0.29, 0.717) is 25.0 Å². The zero-order valence-corrected chi connectivity index (χ0v) is 14.1. The van der Waals surface area contributed by atoms with Crippen molar-refractivity contribution in [2.75, 3.05) is 20.3 Å². The average molecular weight is 336 g/mol. The highest BCUT2D eigenvalue weighted by Gasteiger charge is 2.41. The second-order valence-corrected chi connectivity index (χ2v) is 6.20. The summed E-state index contributed by atoms with van der Waals surface area (Å²) in [5.74, 6) is 2.04. The van der Waals surface area contributed by atoms with Gasteiger partial charge in [-0.05, 0) is 42.7 Å². The number of hydrogen-bond acceptors (Lipinski definition) is 5. The molecule has 0 radical (unpaired) electrons. The highest BCUT2D eigenvalue weighted by atomic mass is 16.5. The van der Waals surface area contributed by atoms with Crippen LogP contribution in [0.5, 0.6) is 5.75 Å². The maximum absolute atomic E-state index is 6.11. The van der Waals surface area contributed by atoms with E-state index in [1.807, 2.05) is 42.5 Å².